The van der Waals surface area contributed by atoms with Crippen molar-refractivity contribution in [2.75, 3.05) is 31.2 Å². The molecule has 6 heteroatoms. The minimum absolute atomic E-state index is 0.544. The van der Waals surface area contributed by atoms with Gasteiger partial charge in [-0.1, -0.05) is 0 Å². The Morgan fingerprint density at radius 2 is 2.05 bits per heavy atom. The van der Waals surface area contributed by atoms with Crippen LogP contribution >= 0.6 is 11.5 Å². The van der Waals surface area contributed by atoms with Crippen molar-refractivity contribution in [1.82, 2.24) is 14.3 Å². The predicted octanol–water partition coefficient (Wildman–Crippen LogP) is 2.54. The molecule has 2 heterocycles. The second kappa shape index (κ2) is 6.67. The molecule has 0 aliphatic carbocycles. The lowest BCUT2D eigenvalue weighted by Crippen LogP contribution is -2.31. The highest BCUT2D eigenvalue weighted by atomic mass is 32.1. The summed E-state index contributed by atoms with van der Waals surface area (Å²) < 4.78 is 4.25. The van der Waals surface area contributed by atoms with Crippen LogP contribution in [0.25, 0.3) is 11.1 Å². The van der Waals surface area contributed by atoms with Gasteiger partial charge in [0.25, 0.3) is 0 Å². The van der Waals surface area contributed by atoms with Gasteiger partial charge in [-0.25, -0.2) is 0 Å². The summed E-state index contributed by atoms with van der Waals surface area (Å²) in [6.45, 7) is 6.22. The highest BCUT2D eigenvalue weighted by Gasteiger charge is 2.13. The molecule has 5 nitrogen and oxygen atoms in total. The molecule has 0 bridgehead atoms. The van der Waals surface area contributed by atoms with Crippen LogP contribution in [0.4, 0.5) is 10.8 Å². The lowest BCUT2D eigenvalue weighted by Gasteiger charge is -2.21. The van der Waals surface area contributed by atoms with E-state index in [1.54, 1.807) is 12.4 Å². The van der Waals surface area contributed by atoms with Gasteiger partial charge in [0.05, 0.1) is 5.56 Å². The standard InChI is InChI=1S/C14H21N5S/c1-10(2)19(3)9-8-17-14-12(13(15)18-20-14)11-4-6-16-7-5-11/h4-7,10,17H,8-9H2,1-3H3,(H2,15,18). The van der Waals surface area contributed by atoms with Crippen molar-refractivity contribution >= 4 is 22.4 Å². The molecular formula is C14H21N5S. The molecule has 0 fully saturated rings. The van der Waals surface area contributed by atoms with Crippen molar-refractivity contribution in [1.29, 1.82) is 0 Å². The first kappa shape index (κ1) is 14.7. The molecular weight excluding hydrogens is 270 g/mol. The molecule has 2 aromatic rings. The highest BCUT2D eigenvalue weighted by molar-refractivity contribution is 7.11. The van der Waals surface area contributed by atoms with Crippen LogP contribution in [0.1, 0.15) is 13.8 Å². The van der Waals surface area contributed by atoms with E-state index in [4.69, 9.17) is 5.73 Å². The van der Waals surface area contributed by atoms with Gasteiger partial charge in [0.15, 0.2) is 0 Å². The molecule has 2 aromatic heterocycles. The molecule has 108 valence electrons. The number of rotatable bonds is 6. The Kier molecular flexibility index (Phi) is 4.92. The second-order valence-corrected chi connectivity index (χ2v) is 5.78. The Morgan fingerprint density at radius 1 is 1.35 bits per heavy atom. The summed E-state index contributed by atoms with van der Waals surface area (Å²) in [5.41, 5.74) is 8.01. The second-order valence-electron chi connectivity index (χ2n) is 5.01. The summed E-state index contributed by atoms with van der Waals surface area (Å²) in [5, 5.41) is 4.45. The Morgan fingerprint density at radius 3 is 2.70 bits per heavy atom. The summed E-state index contributed by atoms with van der Waals surface area (Å²) in [6, 6.07) is 4.44. The van der Waals surface area contributed by atoms with Crippen LogP contribution in [0.2, 0.25) is 0 Å². The van der Waals surface area contributed by atoms with Crippen molar-refractivity contribution in [3.05, 3.63) is 24.5 Å². The minimum Gasteiger partial charge on any atom is -0.382 e. The number of anilines is 2. The minimum atomic E-state index is 0.544. The SMILES string of the molecule is CC(C)N(C)CCNc1snc(N)c1-c1ccncc1. The van der Waals surface area contributed by atoms with Crippen LogP contribution in [0, 0.1) is 0 Å². The molecule has 0 spiro atoms. The summed E-state index contributed by atoms with van der Waals surface area (Å²) in [6.07, 6.45) is 3.53. The molecule has 0 saturated carbocycles. The molecule has 0 amide bonds. The molecule has 0 unspecified atom stereocenters. The molecule has 0 atom stereocenters. The van der Waals surface area contributed by atoms with Gasteiger partial charge in [-0.05, 0) is 50.1 Å². The van der Waals surface area contributed by atoms with E-state index in [1.165, 1.54) is 11.5 Å². The van der Waals surface area contributed by atoms with Gasteiger partial charge in [0.2, 0.25) is 0 Å². The number of likely N-dealkylation sites (N-methyl/N-ethyl adjacent to an activating group) is 1. The zero-order valence-corrected chi connectivity index (χ0v) is 12.9. The first-order valence-electron chi connectivity index (χ1n) is 6.69. The van der Waals surface area contributed by atoms with Gasteiger partial charge >= 0.3 is 0 Å². The Labute approximate surface area is 124 Å². The molecule has 3 N–H and O–H groups in total. The zero-order valence-electron chi connectivity index (χ0n) is 12.1. The number of hydrogen-bond donors (Lipinski definition) is 2. The average molecular weight is 291 g/mol. The molecule has 0 aliphatic rings. The van der Waals surface area contributed by atoms with Crippen LogP contribution in [-0.2, 0) is 0 Å². The summed E-state index contributed by atoms with van der Waals surface area (Å²) in [5.74, 6) is 0.570. The first-order chi connectivity index (χ1) is 9.59. The van der Waals surface area contributed by atoms with Crippen molar-refractivity contribution in [2.45, 2.75) is 19.9 Å². The van der Waals surface area contributed by atoms with Gasteiger partial charge in [-0.2, -0.15) is 4.37 Å². The van der Waals surface area contributed by atoms with E-state index in [0.29, 0.717) is 11.9 Å². The number of pyridine rings is 1. The van der Waals surface area contributed by atoms with Crippen LogP contribution in [0.15, 0.2) is 24.5 Å². The van der Waals surface area contributed by atoms with Crippen LogP contribution < -0.4 is 11.1 Å². The van der Waals surface area contributed by atoms with E-state index in [2.05, 4.69) is 40.5 Å². The van der Waals surface area contributed by atoms with Crippen molar-refractivity contribution in [3.8, 4) is 11.1 Å². The number of nitrogen functional groups attached to an aromatic ring is 1. The van der Waals surface area contributed by atoms with Crippen LogP contribution in [0.3, 0.4) is 0 Å². The summed E-state index contributed by atoms with van der Waals surface area (Å²) in [7, 11) is 2.12. The zero-order chi connectivity index (χ0) is 14.5. The third-order valence-electron chi connectivity index (χ3n) is 3.32. The molecule has 2 rings (SSSR count). The van der Waals surface area contributed by atoms with E-state index in [1.807, 2.05) is 12.1 Å². The fraction of sp³-hybridized carbons (Fsp3) is 0.429. The van der Waals surface area contributed by atoms with E-state index in [-0.39, 0.29) is 0 Å². The largest absolute Gasteiger partial charge is 0.382 e. The number of nitrogens with zero attached hydrogens (tertiary/aromatic N) is 3. The van der Waals surface area contributed by atoms with Gasteiger partial charge in [0.1, 0.15) is 10.8 Å². The Bertz CT molecular complexity index is 538. The third-order valence-corrected chi connectivity index (χ3v) is 4.14. The molecule has 0 aromatic carbocycles. The lowest BCUT2D eigenvalue weighted by molar-refractivity contribution is 0.284. The highest BCUT2D eigenvalue weighted by Crippen LogP contribution is 2.36. The Hall–Kier alpha value is -1.66. The fourth-order valence-electron chi connectivity index (χ4n) is 1.82. The first-order valence-corrected chi connectivity index (χ1v) is 7.46. The summed E-state index contributed by atoms with van der Waals surface area (Å²) >= 11 is 1.41. The average Bonchev–Trinajstić information content (AvgIpc) is 2.80. The quantitative estimate of drug-likeness (QED) is 0.856. The molecule has 0 saturated heterocycles. The predicted molar refractivity (Wildman–Crippen MR) is 86.0 cm³/mol. The number of aromatic nitrogens is 2. The fourth-order valence-corrected chi connectivity index (χ4v) is 2.59. The van der Waals surface area contributed by atoms with Gasteiger partial charge in [-0.3, -0.25) is 4.98 Å². The van der Waals surface area contributed by atoms with Gasteiger partial charge in [0, 0.05) is 31.5 Å². The van der Waals surface area contributed by atoms with Crippen LogP contribution in [0.5, 0.6) is 0 Å². The summed E-state index contributed by atoms with van der Waals surface area (Å²) in [4.78, 5) is 6.33. The van der Waals surface area contributed by atoms with Gasteiger partial charge in [-0.15, -0.1) is 0 Å². The lowest BCUT2D eigenvalue weighted by atomic mass is 10.1. The van der Waals surface area contributed by atoms with Crippen molar-refractivity contribution in [3.63, 3.8) is 0 Å². The monoisotopic (exact) mass is 291 g/mol. The third kappa shape index (κ3) is 3.46. The van der Waals surface area contributed by atoms with Crippen molar-refractivity contribution < 1.29 is 0 Å². The molecule has 0 aliphatic heterocycles. The van der Waals surface area contributed by atoms with E-state index in [0.717, 1.165) is 29.2 Å². The van der Waals surface area contributed by atoms with E-state index >= 15 is 0 Å². The topological polar surface area (TPSA) is 67.1 Å². The maximum Gasteiger partial charge on any atom is 0.147 e. The van der Waals surface area contributed by atoms with Gasteiger partial charge < -0.3 is 16.0 Å². The molecule has 0 radical (unpaired) electrons. The normalized spacial score (nSPS) is 11.2. The smallest absolute Gasteiger partial charge is 0.147 e. The maximum atomic E-state index is 5.98. The number of nitrogens with two attached hydrogens (primary N) is 1. The van der Waals surface area contributed by atoms with Crippen LogP contribution in [-0.4, -0.2) is 40.4 Å². The van der Waals surface area contributed by atoms with E-state index in [9.17, 15) is 0 Å². The molecule has 20 heavy (non-hydrogen) atoms. The maximum absolute atomic E-state index is 5.98. The van der Waals surface area contributed by atoms with Crippen molar-refractivity contribution in [2.24, 2.45) is 0 Å². The number of hydrogen-bond acceptors (Lipinski definition) is 6. The van der Waals surface area contributed by atoms with E-state index < -0.39 is 0 Å². The Balaban J connectivity index is 2.07. The number of nitrogens with one attached hydrogen (secondary N) is 1.